The van der Waals surface area contributed by atoms with E-state index in [2.05, 4.69) is 10.4 Å². The summed E-state index contributed by atoms with van der Waals surface area (Å²) in [6, 6.07) is 0. The van der Waals surface area contributed by atoms with E-state index < -0.39 is 0 Å². The van der Waals surface area contributed by atoms with Crippen molar-refractivity contribution >= 4 is 5.78 Å². The molecular weight excluding hydrogens is 120 g/mol. The minimum Gasteiger partial charge on any atom is -0.394 e. The lowest BCUT2D eigenvalue weighted by Gasteiger charge is -2.07. The average molecular weight is 126 g/mol. The van der Waals surface area contributed by atoms with Crippen molar-refractivity contribution in [3.63, 3.8) is 0 Å². The number of hydrogen-bond acceptors (Lipinski definition) is 4. The van der Waals surface area contributed by atoms with Crippen LogP contribution in [0, 0.1) is 0 Å². The molecule has 1 saturated heterocycles. The Morgan fingerprint density at radius 3 is 3.44 bits per heavy atom. The Morgan fingerprint density at radius 1 is 1.78 bits per heavy atom. The Morgan fingerprint density at radius 2 is 2.67 bits per heavy atom. The van der Waals surface area contributed by atoms with E-state index in [1.54, 1.807) is 5.01 Å². The van der Waals surface area contributed by atoms with Gasteiger partial charge in [-0.25, -0.2) is 0 Å². The van der Waals surface area contributed by atoms with Crippen LogP contribution in [0.1, 0.15) is 6.42 Å². The largest absolute Gasteiger partial charge is 0.394 e. The van der Waals surface area contributed by atoms with E-state index >= 15 is 0 Å². The van der Waals surface area contributed by atoms with Gasteiger partial charge in [0.15, 0.2) is 5.78 Å². The lowest BCUT2D eigenvalue weighted by molar-refractivity contribution is -0.114. The van der Waals surface area contributed by atoms with Crippen LogP contribution in [0.4, 0.5) is 0 Å². The van der Waals surface area contributed by atoms with Crippen molar-refractivity contribution < 1.29 is 9.63 Å². The molecule has 9 heavy (non-hydrogen) atoms. The van der Waals surface area contributed by atoms with E-state index in [1.807, 2.05) is 0 Å². The molecule has 0 spiro atoms. The maximum absolute atomic E-state index is 10.8. The van der Waals surface area contributed by atoms with Crippen LogP contribution in [0.5, 0.6) is 0 Å². The molecule has 1 N–H and O–H groups in total. The number of allylic oxidation sites excluding steroid dienone is 1. The summed E-state index contributed by atoms with van der Waals surface area (Å²) < 4.78 is 0. The quantitative estimate of drug-likeness (QED) is 0.477. The van der Waals surface area contributed by atoms with Gasteiger partial charge in [-0.1, -0.05) is 5.59 Å². The second kappa shape index (κ2) is 1.48. The molecule has 2 aliphatic rings. The molecule has 0 unspecified atom stereocenters. The molecule has 0 atom stereocenters. The average Bonchev–Trinajstić information content (AvgIpc) is 2.35. The number of ketones is 1. The molecule has 0 amide bonds. The van der Waals surface area contributed by atoms with Gasteiger partial charge >= 0.3 is 0 Å². The number of nitrogens with zero attached hydrogens (tertiary/aromatic N) is 1. The zero-order chi connectivity index (χ0) is 6.27. The van der Waals surface area contributed by atoms with Gasteiger partial charge in [-0.3, -0.25) is 9.80 Å². The van der Waals surface area contributed by atoms with Gasteiger partial charge in [-0.15, -0.1) is 0 Å². The second-order valence-electron chi connectivity index (χ2n) is 2.04. The minimum absolute atomic E-state index is 0.153. The number of hydrazine groups is 1. The van der Waals surface area contributed by atoms with Crippen LogP contribution < -0.4 is 5.59 Å². The van der Waals surface area contributed by atoms with Crippen molar-refractivity contribution in [1.82, 2.24) is 10.6 Å². The fraction of sp³-hybridized carbons (Fsp3) is 0.400. The van der Waals surface area contributed by atoms with Crippen molar-refractivity contribution in [1.29, 1.82) is 0 Å². The van der Waals surface area contributed by atoms with E-state index in [0.717, 1.165) is 6.54 Å². The summed E-state index contributed by atoms with van der Waals surface area (Å²) in [6.07, 6.45) is 2.04. The molecule has 0 radical (unpaired) electrons. The highest BCUT2D eigenvalue weighted by molar-refractivity contribution is 5.96. The summed E-state index contributed by atoms with van der Waals surface area (Å²) in [5, 5.41) is 1.70. The van der Waals surface area contributed by atoms with Crippen LogP contribution in [0.3, 0.4) is 0 Å². The predicted octanol–water partition coefficient (Wildman–Crippen LogP) is -0.448. The van der Waals surface area contributed by atoms with Gasteiger partial charge in [0, 0.05) is 13.0 Å². The molecule has 0 aromatic carbocycles. The second-order valence-corrected chi connectivity index (χ2v) is 2.04. The standard InChI is InChI=1S/C5H6N2O2/c8-5-1-2-7-4(5)3-9-6-7/h3,6H,1-2H2. The van der Waals surface area contributed by atoms with Crippen molar-refractivity contribution in [2.24, 2.45) is 0 Å². The molecule has 2 rings (SSSR count). The molecule has 0 bridgehead atoms. The van der Waals surface area contributed by atoms with Crippen molar-refractivity contribution in [2.75, 3.05) is 6.54 Å². The third kappa shape index (κ3) is 0.533. The van der Waals surface area contributed by atoms with Crippen molar-refractivity contribution in [3.05, 3.63) is 12.0 Å². The smallest absolute Gasteiger partial charge is 0.185 e. The van der Waals surface area contributed by atoms with Gasteiger partial charge in [0.2, 0.25) is 0 Å². The highest BCUT2D eigenvalue weighted by Gasteiger charge is 2.29. The Kier molecular flexibility index (Phi) is 0.790. The first kappa shape index (κ1) is 4.81. The van der Waals surface area contributed by atoms with Gasteiger partial charge in [0.25, 0.3) is 0 Å². The normalized spacial score (nSPS) is 23.8. The molecule has 2 aliphatic heterocycles. The van der Waals surface area contributed by atoms with E-state index in [4.69, 9.17) is 0 Å². The lowest BCUT2D eigenvalue weighted by Crippen LogP contribution is -2.27. The minimum atomic E-state index is 0.153. The van der Waals surface area contributed by atoms with Gasteiger partial charge in [-0.2, -0.15) is 0 Å². The first-order chi connectivity index (χ1) is 4.38. The third-order valence-corrected chi connectivity index (χ3v) is 1.47. The Hall–Kier alpha value is -1.03. The molecule has 1 fully saturated rings. The predicted molar refractivity (Wildman–Crippen MR) is 28.6 cm³/mol. The maximum atomic E-state index is 10.8. The van der Waals surface area contributed by atoms with Crippen molar-refractivity contribution in [3.8, 4) is 0 Å². The van der Waals surface area contributed by atoms with Crippen LogP contribution in [-0.4, -0.2) is 17.3 Å². The molecule has 4 heteroatoms. The lowest BCUT2D eigenvalue weighted by atomic mass is 10.3. The fourth-order valence-electron chi connectivity index (χ4n) is 0.982. The monoisotopic (exact) mass is 126 g/mol. The maximum Gasteiger partial charge on any atom is 0.185 e. The Labute approximate surface area is 52.0 Å². The third-order valence-electron chi connectivity index (χ3n) is 1.47. The van der Waals surface area contributed by atoms with Gasteiger partial charge in [-0.05, 0) is 0 Å². The fourth-order valence-corrected chi connectivity index (χ4v) is 0.982. The molecule has 0 saturated carbocycles. The van der Waals surface area contributed by atoms with Gasteiger partial charge in [0.1, 0.15) is 12.0 Å². The summed E-state index contributed by atoms with van der Waals surface area (Å²) in [5.41, 5.74) is 3.22. The highest BCUT2D eigenvalue weighted by atomic mass is 16.7. The first-order valence-electron chi connectivity index (χ1n) is 2.80. The SMILES string of the molecule is O=C1CCN2NOC=C12. The molecule has 0 aromatic heterocycles. The van der Waals surface area contributed by atoms with E-state index in [9.17, 15) is 4.79 Å². The number of hydrogen-bond donors (Lipinski definition) is 1. The van der Waals surface area contributed by atoms with Gasteiger partial charge in [0.05, 0.1) is 0 Å². The summed E-state index contributed by atoms with van der Waals surface area (Å²) in [4.78, 5) is 15.5. The van der Waals surface area contributed by atoms with Crippen LogP contribution in [0.2, 0.25) is 0 Å². The molecule has 0 aromatic rings. The topological polar surface area (TPSA) is 41.6 Å². The zero-order valence-electron chi connectivity index (χ0n) is 4.76. The Balaban J connectivity index is 2.32. The molecular formula is C5H6N2O2. The van der Waals surface area contributed by atoms with Crippen LogP contribution in [0.15, 0.2) is 12.0 Å². The number of carbonyl (C=O) groups excluding carboxylic acids is 1. The van der Waals surface area contributed by atoms with Crippen LogP contribution in [0.25, 0.3) is 0 Å². The number of Topliss-reactive ketones (excluding diaryl/α,β-unsaturated/α-hetero) is 1. The van der Waals surface area contributed by atoms with Gasteiger partial charge < -0.3 is 4.84 Å². The van der Waals surface area contributed by atoms with E-state index in [-0.39, 0.29) is 5.78 Å². The molecule has 0 aliphatic carbocycles. The number of rotatable bonds is 0. The molecule has 4 nitrogen and oxygen atoms in total. The Bertz CT molecular complexity index is 187. The molecule has 48 valence electrons. The van der Waals surface area contributed by atoms with Crippen LogP contribution in [-0.2, 0) is 9.63 Å². The summed E-state index contributed by atoms with van der Waals surface area (Å²) >= 11 is 0. The first-order valence-corrected chi connectivity index (χ1v) is 2.80. The number of nitrogens with one attached hydrogen (secondary N) is 1. The highest BCUT2D eigenvalue weighted by Crippen LogP contribution is 2.17. The summed E-state index contributed by atoms with van der Waals surface area (Å²) in [5.74, 6) is 0.153. The summed E-state index contributed by atoms with van der Waals surface area (Å²) in [7, 11) is 0. The summed E-state index contributed by atoms with van der Waals surface area (Å²) in [6.45, 7) is 0.727. The van der Waals surface area contributed by atoms with E-state index in [1.165, 1.54) is 6.26 Å². The van der Waals surface area contributed by atoms with Crippen LogP contribution >= 0.6 is 0 Å². The number of fused-ring (bicyclic) bond motifs is 1. The zero-order valence-corrected chi connectivity index (χ0v) is 4.76. The van der Waals surface area contributed by atoms with Crippen molar-refractivity contribution in [2.45, 2.75) is 6.42 Å². The molecule has 2 heterocycles. The van der Waals surface area contributed by atoms with E-state index in [0.29, 0.717) is 12.1 Å². The number of carbonyl (C=O) groups is 1.